The van der Waals surface area contributed by atoms with Crippen LogP contribution in [0.15, 0.2) is 18.2 Å². The van der Waals surface area contributed by atoms with Crippen molar-refractivity contribution in [2.45, 2.75) is 20.0 Å². The molecule has 4 heteroatoms. The molecule has 1 aromatic carbocycles. The Balaban J connectivity index is 2.98. The maximum Gasteiger partial charge on any atom is 0.387 e. The van der Waals surface area contributed by atoms with Gasteiger partial charge in [-0.25, -0.2) is 4.39 Å². The SMILES string of the molecule is CCc1c(F)cccc1OC(F)F. The number of ether oxygens (including phenoxy) is 1. The fraction of sp³-hybridized carbons (Fsp3) is 0.333. The van der Waals surface area contributed by atoms with Crippen molar-refractivity contribution in [3.05, 3.63) is 29.6 Å². The molecule has 1 nitrogen and oxygen atoms in total. The summed E-state index contributed by atoms with van der Waals surface area (Å²) in [5.74, 6) is -0.599. The van der Waals surface area contributed by atoms with Crippen LogP contribution in [0.3, 0.4) is 0 Å². The van der Waals surface area contributed by atoms with Crippen molar-refractivity contribution >= 4 is 0 Å². The van der Waals surface area contributed by atoms with Crippen molar-refractivity contribution in [3.8, 4) is 5.75 Å². The van der Waals surface area contributed by atoms with Gasteiger partial charge >= 0.3 is 6.61 Å². The Kier molecular flexibility index (Phi) is 3.17. The number of hydrogen-bond donors (Lipinski definition) is 0. The average molecular weight is 190 g/mol. The zero-order valence-electron chi connectivity index (χ0n) is 7.06. The predicted molar refractivity (Wildman–Crippen MR) is 42.4 cm³/mol. The Morgan fingerprint density at radius 1 is 1.38 bits per heavy atom. The molecule has 0 atom stereocenters. The second kappa shape index (κ2) is 4.16. The third-order valence-corrected chi connectivity index (χ3v) is 1.65. The van der Waals surface area contributed by atoms with Gasteiger partial charge in [0.15, 0.2) is 0 Å². The van der Waals surface area contributed by atoms with Crippen molar-refractivity contribution in [2.75, 3.05) is 0 Å². The molecule has 72 valence electrons. The number of alkyl halides is 2. The lowest BCUT2D eigenvalue weighted by molar-refractivity contribution is -0.0506. The molecule has 13 heavy (non-hydrogen) atoms. The molecular weight excluding hydrogens is 181 g/mol. The maximum atomic E-state index is 13.0. The lowest BCUT2D eigenvalue weighted by atomic mass is 10.1. The van der Waals surface area contributed by atoms with Crippen LogP contribution in [0.5, 0.6) is 5.75 Å². The molecule has 0 saturated heterocycles. The lowest BCUT2D eigenvalue weighted by Gasteiger charge is -2.09. The first-order chi connectivity index (χ1) is 6.15. The summed E-state index contributed by atoms with van der Waals surface area (Å²) in [6, 6.07) is 3.89. The molecule has 0 saturated carbocycles. The highest BCUT2D eigenvalue weighted by molar-refractivity contribution is 5.34. The normalized spacial score (nSPS) is 10.5. The molecule has 0 aliphatic heterocycles. The quantitative estimate of drug-likeness (QED) is 0.711. The molecule has 0 heterocycles. The zero-order chi connectivity index (χ0) is 9.84. The first kappa shape index (κ1) is 9.89. The van der Waals surface area contributed by atoms with Crippen LogP contribution in [-0.4, -0.2) is 6.61 Å². The van der Waals surface area contributed by atoms with E-state index in [0.717, 1.165) is 0 Å². The molecule has 0 spiro atoms. The van der Waals surface area contributed by atoms with Gasteiger partial charge in [0, 0.05) is 5.56 Å². The summed E-state index contributed by atoms with van der Waals surface area (Å²) in [5, 5.41) is 0. The van der Waals surface area contributed by atoms with Gasteiger partial charge in [0.1, 0.15) is 11.6 Å². The molecule has 0 aliphatic carbocycles. The highest BCUT2D eigenvalue weighted by Gasteiger charge is 2.11. The van der Waals surface area contributed by atoms with Crippen molar-refractivity contribution in [1.82, 2.24) is 0 Å². The first-order valence-electron chi connectivity index (χ1n) is 3.87. The van der Waals surface area contributed by atoms with Crippen molar-refractivity contribution in [2.24, 2.45) is 0 Å². The van der Waals surface area contributed by atoms with Gasteiger partial charge in [-0.2, -0.15) is 8.78 Å². The van der Waals surface area contributed by atoms with Gasteiger partial charge < -0.3 is 4.74 Å². The molecule has 0 N–H and O–H groups in total. The standard InChI is InChI=1S/C9H9F3O/c1-2-6-7(10)4-3-5-8(6)13-9(11)12/h3-5,9H,2H2,1H3. The minimum Gasteiger partial charge on any atom is -0.434 e. The van der Waals surface area contributed by atoms with Gasteiger partial charge in [0.05, 0.1) is 0 Å². The van der Waals surface area contributed by atoms with Gasteiger partial charge in [-0.3, -0.25) is 0 Å². The van der Waals surface area contributed by atoms with E-state index in [4.69, 9.17) is 0 Å². The topological polar surface area (TPSA) is 9.23 Å². The van der Waals surface area contributed by atoms with Crippen LogP contribution < -0.4 is 4.74 Å². The van der Waals surface area contributed by atoms with E-state index in [-0.39, 0.29) is 11.3 Å². The van der Waals surface area contributed by atoms with Crippen LogP contribution in [0.1, 0.15) is 12.5 Å². The number of rotatable bonds is 3. The Bertz CT molecular complexity index is 286. The summed E-state index contributed by atoms with van der Waals surface area (Å²) < 4.78 is 40.8. The summed E-state index contributed by atoms with van der Waals surface area (Å²) in [6.45, 7) is -1.23. The van der Waals surface area contributed by atoms with E-state index in [1.165, 1.54) is 18.2 Å². The number of hydrogen-bond acceptors (Lipinski definition) is 1. The molecule has 1 aromatic rings. The second-order valence-corrected chi connectivity index (χ2v) is 2.45. The fourth-order valence-electron chi connectivity index (χ4n) is 1.09. The Hall–Kier alpha value is -1.19. The van der Waals surface area contributed by atoms with Gasteiger partial charge in [-0.05, 0) is 18.6 Å². The third kappa shape index (κ3) is 2.37. The Labute approximate surface area is 74.1 Å². The molecule has 0 amide bonds. The molecule has 0 fully saturated rings. The smallest absolute Gasteiger partial charge is 0.387 e. The molecule has 0 aromatic heterocycles. The van der Waals surface area contributed by atoms with Crippen LogP contribution >= 0.6 is 0 Å². The van der Waals surface area contributed by atoms with Gasteiger partial charge in [-0.1, -0.05) is 13.0 Å². The lowest BCUT2D eigenvalue weighted by Crippen LogP contribution is -2.05. The minimum atomic E-state index is -2.91. The minimum absolute atomic E-state index is 0.0856. The summed E-state index contributed by atoms with van der Waals surface area (Å²) in [6.07, 6.45) is 0.328. The van der Waals surface area contributed by atoms with E-state index in [1.54, 1.807) is 6.92 Å². The van der Waals surface area contributed by atoms with E-state index in [1.807, 2.05) is 0 Å². The largest absolute Gasteiger partial charge is 0.434 e. The van der Waals surface area contributed by atoms with Crippen LogP contribution in [0.2, 0.25) is 0 Å². The van der Waals surface area contributed by atoms with E-state index in [0.29, 0.717) is 6.42 Å². The van der Waals surface area contributed by atoms with E-state index in [2.05, 4.69) is 4.74 Å². The summed E-state index contributed by atoms with van der Waals surface area (Å²) >= 11 is 0. The van der Waals surface area contributed by atoms with E-state index >= 15 is 0 Å². The van der Waals surface area contributed by atoms with Gasteiger partial charge in [-0.15, -0.1) is 0 Å². The summed E-state index contributed by atoms with van der Waals surface area (Å²) in [7, 11) is 0. The predicted octanol–water partition coefficient (Wildman–Crippen LogP) is 2.99. The average Bonchev–Trinajstić information content (AvgIpc) is 2.03. The van der Waals surface area contributed by atoms with Gasteiger partial charge in [0.2, 0.25) is 0 Å². The molecule has 1 rings (SSSR count). The first-order valence-corrected chi connectivity index (χ1v) is 3.87. The maximum absolute atomic E-state index is 13.0. The third-order valence-electron chi connectivity index (χ3n) is 1.65. The fourth-order valence-corrected chi connectivity index (χ4v) is 1.09. The van der Waals surface area contributed by atoms with Crippen molar-refractivity contribution < 1.29 is 17.9 Å². The van der Waals surface area contributed by atoms with Crippen LogP contribution in [0.25, 0.3) is 0 Å². The molecular formula is C9H9F3O. The van der Waals surface area contributed by atoms with Crippen molar-refractivity contribution in [1.29, 1.82) is 0 Å². The van der Waals surface area contributed by atoms with E-state index < -0.39 is 12.4 Å². The highest BCUT2D eigenvalue weighted by Crippen LogP contribution is 2.23. The molecule has 0 radical (unpaired) electrons. The zero-order valence-corrected chi connectivity index (χ0v) is 7.06. The van der Waals surface area contributed by atoms with Crippen molar-refractivity contribution in [3.63, 3.8) is 0 Å². The van der Waals surface area contributed by atoms with E-state index in [9.17, 15) is 13.2 Å². The Morgan fingerprint density at radius 3 is 2.62 bits per heavy atom. The molecule has 0 aliphatic rings. The Morgan fingerprint density at radius 2 is 2.08 bits per heavy atom. The summed E-state index contributed by atoms with van der Waals surface area (Å²) in [4.78, 5) is 0. The monoisotopic (exact) mass is 190 g/mol. The highest BCUT2D eigenvalue weighted by atomic mass is 19.3. The van der Waals surface area contributed by atoms with Crippen LogP contribution in [0.4, 0.5) is 13.2 Å². The number of halogens is 3. The van der Waals surface area contributed by atoms with Crippen LogP contribution in [-0.2, 0) is 6.42 Å². The summed E-state index contributed by atoms with van der Waals surface area (Å²) in [5.41, 5.74) is 0.183. The van der Waals surface area contributed by atoms with Crippen LogP contribution in [0, 0.1) is 5.82 Å². The molecule has 0 unspecified atom stereocenters. The second-order valence-electron chi connectivity index (χ2n) is 2.45. The number of benzene rings is 1. The van der Waals surface area contributed by atoms with Gasteiger partial charge in [0.25, 0.3) is 0 Å². The molecule has 0 bridgehead atoms.